The summed E-state index contributed by atoms with van der Waals surface area (Å²) in [7, 11) is 0. The molecule has 2 aliphatic carbocycles. The number of esters is 2. The SMILES string of the molecule is CCCC1CCC(CCCOc2ccc(C(=O)OC(C)C(C)OC(=O)c3ccc(OCCCC4CCC(CCC)CC4)cc3)cc2)CC1. The average Bonchev–Trinajstić information content (AvgIpc) is 3.10. The Morgan fingerprint density at radius 3 is 1.17 bits per heavy atom. The molecule has 6 heteroatoms. The van der Waals surface area contributed by atoms with Crippen LogP contribution in [0.4, 0.5) is 0 Å². The van der Waals surface area contributed by atoms with Gasteiger partial charge in [0.2, 0.25) is 0 Å². The van der Waals surface area contributed by atoms with Crippen molar-refractivity contribution >= 4 is 11.9 Å². The Hall–Kier alpha value is -3.02. The molecule has 2 saturated carbocycles. The molecular weight excluding hydrogens is 600 g/mol. The minimum atomic E-state index is -0.612. The van der Waals surface area contributed by atoms with E-state index in [4.69, 9.17) is 18.9 Å². The van der Waals surface area contributed by atoms with E-state index in [9.17, 15) is 9.59 Å². The molecule has 0 aliphatic heterocycles. The Morgan fingerprint density at radius 2 is 0.854 bits per heavy atom. The summed E-state index contributed by atoms with van der Waals surface area (Å²) >= 11 is 0. The molecule has 0 bridgehead atoms. The summed E-state index contributed by atoms with van der Waals surface area (Å²) in [6, 6.07) is 14.1. The molecule has 0 radical (unpaired) electrons. The van der Waals surface area contributed by atoms with Crippen LogP contribution in [0, 0.1) is 23.7 Å². The van der Waals surface area contributed by atoms with E-state index >= 15 is 0 Å². The Kier molecular flexibility index (Phi) is 16.1. The lowest BCUT2D eigenvalue weighted by molar-refractivity contribution is -0.0239. The summed E-state index contributed by atoms with van der Waals surface area (Å²) in [5.74, 6) is 4.17. The highest BCUT2D eigenvalue weighted by Gasteiger charge is 2.23. The fraction of sp³-hybridized carbons (Fsp3) is 0.667. The summed E-state index contributed by atoms with van der Waals surface area (Å²) < 4.78 is 23.1. The molecule has 0 aromatic heterocycles. The Morgan fingerprint density at radius 1 is 0.542 bits per heavy atom. The smallest absolute Gasteiger partial charge is 0.338 e. The third-order valence-corrected chi connectivity index (χ3v) is 10.8. The molecule has 2 aliphatic rings. The quantitative estimate of drug-likeness (QED) is 0.110. The number of benzene rings is 2. The summed E-state index contributed by atoms with van der Waals surface area (Å²) in [4.78, 5) is 25.6. The molecule has 2 unspecified atom stereocenters. The maximum absolute atomic E-state index is 12.8. The highest BCUT2D eigenvalue weighted by atomic mass is 16.6. The van der Waals surface area contributed by atoms with Crippen LogP contribution < -0.4 is 9.47 Å². The molecule has 0 saturated heterocycles. The number of hydrogen-bond acceptors (Lipinski definition) is 6. The third kappa shape index (κ3) is 12.8. The minimum absolute atomic E-state index is 0.437. The monoisotopic (exact) mass is 662 g/mol. The van der Waals surface area contributed by atoms with Gasteiger partial charge in [0.05, 0.1) is 24.3 Å². The number of carbonyl (C=O) groups is 2. The Balaban J connectivity index is 1.09. The summed E-state index contributed by atoms with van der Waals surface area (Å²) in [6.45, 7) is 9.42. The van der Waals surface area contributed by atoms with Gasteiger partial charge >= 0.3 is 11.9 Å². The number of rotatable bonds is 19. The summed E-state index contributed by atoms with van der Waals surface area (Å²) in [5.41, 5.74) is 0.873. The molecule has 2 atom stereocenters. The first-order valence-corrected chi connectivity index (χ1v) is 19.2. The van der Waals surface area contributed by atoms with Crippen molar-refractivity contribution in [2.45, 2.75) is 143 Å². The van der Waals surface area contributed by atoms with Gasteiger partial charge < -0.3 is 18.9 Å². The zero-order valence-corrected chi connectivity index (χ0v) is 30.3. The molecule has 4 rings (SSSR count). The van der Waals surface area contributed by atoms with E-state index in [0.29, 0.717) is 24.3 Å². The van der Waals surface area contributed by atoms with Crippen molar-refractivity contribution in [1.29, 1.82) is 0 Å². The van der Waals surface area contributed by atoms with Gasteiger partial charge in [-0.3, -0.25) is 0 Å². The molecular formula is C42H62O6. The lowest BCUT2D eigenvalue weighted by atomic mass is 9.78. The van der Waals surface area contributed by atoms with Crippen LogP contribution in [0.15, 0.2) is 48.5 Å². The van der Waals surface area contributed by atoms with Gasteiger partial charge in [0.1, 0.15) is 23.7 Å². The van der Waals surface area contributed by atoms with E-state index in [-0.39, 0.29) is 0 Å². The van der Waals surface area contributed by atoms with Crippen LogP contribution in [0.25, 0.3) is 0 Å². The molecule has 0 N–H and O–H groups in total. The van der Waals surface area contributed by atoms with Crippen LogP contribution in [0.5, 0.6) is 11.5 Å². The van der Waals surface area contributed by atoms with Crippen LogP contribution in [-0.4, -0.2) is 37.4 Å². The van der Waals surface area contributed by atoms with Crippen molar-refractivity contribution in [3.05, 3.63) is 59.7 Å². The van der Waals surface area contributed by atoms with Gasteiger partial charge in [0, 0.05) is 0 Å². The van der Waals surface area contributed by atoms with Crippen LogP contribution >= 0.6 is 0 Å². The van der Waals surface area contributed by atoms with Crippen LogP contribution in [0.2, 0.25) is 0 Å². The minimum Gasteiger partial charge on any atom is -0.494 e. The largest absolute Gasteiger partial charge is 0.494 e. The molecule has 2 aromatic rings. The van der Waals surface area contributed by atoms with Crippen molar-refractivity contribution < 1.29 is 28.5 Å². The molecule has 0 amide bonds. The second kappa shape index (κ2) is 20.5. The normalized spacial score (nSPS) is 22.3. The Bertz CT molecular complexity index is 1100. The van der Waals surface area contributed by atoms with E-state index in [1.807, 2.05) is 24.3 Å². The topological polar surface area (TPSA) is 71.1 Å². The molecule has 48 heavy (non-hydrogen) atoms. The Labute approximate surface area is 290 Å². The van der Waals surface area contributed by atoms with Crippen molar-refractivity contribution in [2.75, 3.05) is 13.2 Å². The first kappa shape index (κ1) is 37.8. The predicted molar refractivity (Wildman–Crippen MR) is 193 cm³/mol. The molecule has 0 spiro atoms. The van der Waals surface area contributed by atoms with E-state index < -0.39 is 24.1 Å². The maximum Gasteiger partial charge on any atom is 0.338 e. The van der Waals surface area contributed by atoms with E-state index in [2.05, 4.69) is 13.8 Å². The fourth-order valence-corrected chi connectivity index (χ4v) is 7.60. The zero-order chi connectivity index (χ0) is 34.1. The average molecular weight is 663 g/mol. The van der Waals surface area contributed by atoms with E-state index in [1.165, 1.54) is 89.9 Å². The number of ether oxygens (including phenoxy) is 4. The van der Waals surface area contributed by atoms with Crippen LogP contribution in [-0.2, 0) is 9.47 Å². The molecule has 2 aromatic carbocycles. The van der Waals surface area contributed by atoms with Gasteiger partial charge in [-0.25, -0.2) is 9.59 Å². The summed E-state index contributed by atoms with van der Waals surface area (Å²) in [6.07, 6.45) is 19.7. The second-order valence-corrected chi connectivity index (χ2v) is 14.6. The standard InChI is InChI=1S/C42H62O6/c1-5-9-33-13-17-35(18-14-33)11-7-29-45-39-25-21-37(22-26-39)41(43)47-31(3)32(4)48-42(44)38-23-27-40(28-24-38)46-30-8-12-36-19-15-34(10-6-2)16-20-36/h21-28,31-36H,5-20,29-30H2,1-4H3. The van der Waals surface area contributed by atoms with Gasteiger partial charge in [-0.05, 0) is 112 Å². The van der Waals surface area contributed by atoms with E-state index in [1.54, 1.807) is 38.1 Å². The third-order valence-electron chi connectivity index (χ3n) is 10.8. The van der Waals surface area contributed by atoms with E-state index in [0.717, 1.165) is 48.0 Å². The zero-order valence-electron chi connectivity index (χ0n) is 30.3. The second-order valence-electron chi connectivity index (χ2n) is 14.6. The fourth-order valence-electron chi connectivity index (χ4n) is 7.60. The van der Waals surface area contributed by atoms with Crippen molar-refractivity contribution in [3.8, 4) is 11.5 Å². The van der Waals surface area contributed by atoms with Gasteiger partial charge in [0.15, 0.2) is 0 Å². The highest BCUT2D eigenvalue weighted by Crippen LogP contribution is 2.35. The van der Waals surface area contributed by atoms with Crippen molar-refractivity contribution in [2.24, 2.45) is 23.7 Å². The van der Waals surface area contributed by atoms with Gasteiger partial charge in [-0.2, -0.15) is 0 Å². The van der Waals surface area contributed by atoms with Gasteiger partial charge in [-0.15, -0.1) is 0 Å². The maximum atomic E-state index is 12.8. The summed E-state index contributed by atoms with van der Waals surface area (Å²) in [5, 5.41) is 0. The molecule has 2 fully saturated rings. The van der Waals surface area contributed by atoms with Crippen molar-refractivity contribution in [3.63, 3.8) is 0 Å². The van der Waals surface area contributed by atoms with Crippen LogP contribution in [0.1, 0.15) is 151 Å². The molecule has 266 valence electrons. The number of hydrogen-bond donors (Lipinski definition) is 0. The molecule has 6 nitrogen and oxygen atoms in total. The van der Waals surface area contributed by atoms with Crippen molar-refractivity contribution in [1.82, 2.24) is 0 Å². The first-order valence-electron chi connectivity index (χ1n) is 19.2. The highest BCUT2D eigenvalue weighted by molar-refractivity contribution is 5.90. The lowest BCUT2D eigenvalue weighted by Crippen LogP contribution is -2.30. The molecule has 0 heterocycles. The lowest BCUT2D eigenvalue weighted by Gasteiger charge is -2.28. The predicted octanol–water partition coefficient (Wildman–Crippen LogP) is 11.0. The van der Waals surface area contributed by atoms with Gasteiger partial charge in [0.25, 0.3) is 0 Å². The number of carbonyl (C=O) groups excluding carboxylic acids is 2. The first-order chi connectivity index (χ1) is 23.3. The van der Waals surface area contributed by atoms with Gasteiger partial charge in [-0.1, -0.05) is 90.9 Å². The van der Waals surface area contributed by atoms with Crippen LogP contribution in [0.3, 0.4) is 0 Å².